The van der Waals surface area contributed by atoms with E-state index in [0.717, 1.165) is 24.3 Å². The molecular formula is C21H26N2O3. The molecule has 1 heterocycles. The molecule has 0 saturated carbocycles. The van der Waals surface area contributed by atoms with Crippen molar-refractivity contribution in [2.45, 2.75) is 25.7 Å². The van der Waals surface area contributed by atoms with Gasteiger partial charge in [-0.15, -0.1) is 0 Å². The number of hydrogen-bond acceptors (Lipinski definition) is 4. The molecular weight excluding hydrogens is 328 g/mol. The Morgan fingerprint density at radius 1 is 1.00 bits per heavy atom. The van der Waals surface area contributed by atoms with Crippen LogP contribution in [0.3, 0.4) is 0 Å². The van der Waals surface area contributed by atoms with Gasteiger partial charge < -0.3 is 19.7 Å². The number of ether oxygens (including phenoxy) is 2. The molecule has 1 amide bonds. The smallest absolute Gasteiger partial charge is 0.228 e. The summed E-state index contributed by atoms with van der Waals surface area (Å²) in [7, 11) is 3.21. The topological polar surface area (TPSA) is 50.8 Å². The Morgan fingerprint density at radius 3 is 2.38 bits per heavy atom. The van der Waals surface area contributed by atoms with E-state index in [4.69, 9.17) is 9.47 Å². The van der Waals surface area contributed by atoms with Crippen molar-refractivity contribution in [2.75, 3.05) is 37.5 Å². The minimum atomic E-state index is -0.0812. The monoisotopic (exact) mass is 354 g/mol. The highest BCUT2D eigenvalue weighted by Gasteiger charge is 2.12. The molecule has 5 nitrogen and oxygen atoms in total. The van der Waals surface area contributed by atoms with Crippen LogP contribution in [0.25, 0.3) is 0 Å². The molecule has 0 aliphatic carbocycles. The Kier molecular flexibility index (Phi) is 6.00. The van der Waals surface area contributed by atoms with E-state index in [-0.39, 0.29) is 12.3 Å². The van der Waals surface area contributed by atoms with Gasteiger partial charge in [-0.2, -0.15) is 0 Å². The second kappa shape index (κ2) is 8.61. The van der Waals surface area contributed by atoms with Crippen LogP contribution < -0.4 is 19.7 Å². The first kappa shape index (κ1) is 18.1. The van der Waals surface area contributed by atoms with E-state index in [1.807, 2.05) is 30.3 Å². The Bertz CT molecular complexity index is 737. The molecule has 0 bridgehead atoms. The lowest BCUT2D eigenvalue weighted by molar-refractivity contribution is -0.115. The van der Waals surface area contributed by atoms with Gasteiger partial charge in [-0.25, -0.2) is 0 Å². The number of anilines is 2. The quantitative estimate of drug-likeness (QED) is 0.855. The molecule has 0 unspecified atom stereocenters. The van der Waals surface area contributed by atoms with E-state index in [1.165, 1.54) is 24.9 Å². The average molecular weight is 354 g/mol. The number of carbonyl (C=O) groups excluding carboxylic acids is 1. The molecule has 0 aromatic heterocycles. The van der Waals surface area contributed by atoms with Crippen molar-refractivity contribution in [1.82, 2.24) is 0 Å². The Morgan fingerprint density at radius 2 is 1.73 bits per heavy atom. The molecule has 26 heavy (non-hydrogen) atoms. The fourth-order valence-corrected chi connectivity index (χ4v) is 3.31. The first-order chi connectivity index (χ1) is 12.7. The van der Waals surface area contributed by atoms with Crippen molar-refractivity contribution >= 4 is 17.3 Å². The first-order valence-electron chi connectivity index (χ1n) is 9.05. The van der Waals surface area contributed by atoms with Crippen molar-refractivity contribution in [2.24, 2.45) is 0 Å². The maximum Gasteiger partial charge on any atom is 0.228 e. The SMILES string of the molecule is COc1ccc(OC)c(CC(=O)Nc2ccc(N3CCCCC3)cc2)c1. The second-order valence-corrected chi connectivity index (χ2v) is 6.50. The maximum absolute atomic E-state index is 12.4. The third-order valence-corrected chi connectivity index (χ3v) is 4.71. The van der Waals surface area contributed by atoms with Crippen LogP contribution in [0.2, 0.25) is 0 Å². The number of amides is 1. The molecule has 0 atom stereocenters. The Hall–Kier alpha value is -2.69. The Labute approximate surface area is 154 Å². The van der Waals surface area contributed by atoms with Crippen LogP contribution >= 0.6 is 0 Å². The number of benzene rings is 2. The first-order valence-corrected chi connectivity index (χ1v) is 9.05. The van der Waals surface area contributed by atoms with Gasteiger partial charge in [0.15, 0.2) is 0 Å². The Balaban J connectivity index is 1.63. The number of piperidine rings is 1. The van der Waals surface area contributed by atoms with Crippen LogP contribution in [0.1, 0.15) is 24.8 Å². The third kappa shape index (κ3) is 4.48. The zero-order valence-electron chi connectivity index (χ0n) is 15.5. The van der Waals surface area contributed by atoms with Gasteiger partial charge in [0.25, 0.3) is 0 Å². The summed E-state index contributed by atoms with van der Waals surface area (Å²) in [5.41, 5.74) is 2.82. The molecule has 5 heteroatoms. The minimum Gasteiger partial charge on any atom is -0.497 e. The number of hydrogen-bond donors (Lipinski definition) is 1. The molecule has 2 aromatic rings. The molecule has 0 spiro atoms. The average Bonchev–Trinajstić information content (AvgIpc) is 2.69. The predicted molar refractivity (Wildman–Crippen MR) is 104 cm³/mol. The highest BCUT2D eigenvalue weighted by Crippen LogP contribution is 2.25. The fraction of sp³-hybridized carbons (Fsp3) is 0.381. The van der Waals surface area contributed by atoms with Crippen LogP contribution in [0.15, 0.2) is 42.5 Å². The summed E-state index contributed by atoms with van der Waals surface area (Å²) in [5.74, 6) is 1.31. The van der Waals surface area contributed by atoms with Crippen molar-refractivity contribution in [3.63, 3.8) is 0 Å². The summed E-state index contributed by atoms with van der Waals surface area (Å²) in [4.78, 5) is 14.8. The summed E-state index contributed by atoms with van der Waals surface area (Å²) in [6.07, 6.45) is 4.05. The summed E-state index contributed by atoms with van der Waals surface area (Å²) in [6, 6.07) is 13.5. The van der Waals surface area contributed by atoms with Crippen molar-refractivity contribution < 1.29 is 14.3 Å². The van der Waals surface area contributed by atoms with Crippen LogP contribution in [0, 0.1) is 0 Å². The summed E-state index contributed by atoms with van der Waals surface area (Å²) in [6.45, 7) is 2.22. The van der Waals surface area contributed by atoms with Gasteiger partial charge in [0, 0.05) is 30.0 Å². The standard InChI is InChI=1S/C21H26N2O3/c1-25-19-10-11-20(26-2)16(14-19)15-21(24)22-17-6-8-18(9-7-17)23-12-4-3-5-13-23/h6-11,14H,3-5,12-13,15H2,1-2H3,(H,22,24). The molecule has 1 saturated heterocycles. The molecule has 1 fully saturated rings. The highest BCUT2D eigenvalue weighted by molar-refractivity contribution is 5.92. The molecule has 3 rings (SSSR count). The largest absolute Gasteiger partial charge is 0.497 e. The number of carbonyl (C=O) groups is 1. The minimum absolute atomic E-state index is 0.0812. The van der Waals surface area contributed by atoms with Gasteiger partial charge in [0.2, 0.25) is 5.91 Å². The van der Waals surface area contributed by atoms with Gasteiger partial charge in [0.1, 0.15) is 11.5 Å². The van der Waals surface area contributed by atoms with Gasteiger partial charge in [-0.1, -0.05) is 0 Å². The van der Waals surface area contributed by atoms with E-state index >= 15 is 0 Å². The van der Waals surface area contributed by atoms with Gasteiger partial charge >= 0.3 is 0 Å². The molecule has 1 aliphatic rings. The third-order valence-electron chi connectivity index (χ3n) is 4.71. The summed E-state index contributed by atoms with van der Waals surface area (Å²) >= 11 is 0. The number of rotatable bonds is 6. The van der Waals surface area contributed by atoms with E-state index in [2.05, 4.69) is 22.3 Å². The van der Waals surface area contributed by atoms with Gasteiger partial charge in [-0.05, 0) is 61.7 Å². The maximum atomic E-state index is 12.4. The second-order valence-electron chi connectivity index (χ2n) is 6.50. The van der Waals surface area contributed by atoms with Gasteiger partial charge in [-0.3, -0.25) is 4.79 Å². The number of methoxy groups -OCH3 is 2. The van der Waals surface area contributed by atoms with Crippen LogP contribution in [0.5, 0.6) is 11.5 Å². The zero-order chi connectivity index (χ0) is 18.4. The van der Waals surface area contributed by atoms with Crippen LogP contribution in [0.4, 0.5) is 11.4 Å². The number of nitrogens with one attached hydrogen (secondary N) is 1. The van der Waals surface area contributed by atoms with Crippen LogP contribution in [-0.4, -0.2) is 33.2 Å². The lowest BCUT2D eigenvalue weighted by Crippen LogP contribution is -2.29. The summed E-state index contributed by atoms with van der Waals surface area (Å²) in [5, 5.41) is 2.96. The molecule has 0 radical (unpaired) electrons. The lowest BCUT2D eigenvalue weighted by atomic mass is 10.1. The van der Waals surface area contributed by atoms with Crippen molar-refractivity contribution in [3.8, 4) is 11.5 Å². The highest BCUT2D eigenvalue weighted by atomic mass is 16.5. The predicted octanol–water partition coefficient (Wildman–Crippen LogP) is 3.88. The van der Waals surface area contributed by atoms with E-state index in [9.17, 15) is 4.79 Å². The lowest BCUT2D eigenvalue weighted by Gasteiger charge is -2.28. The van der Waals surface area contributed by atoms with Gasteiger partial charge in [0.05, 0.1) is 20.6 Å². The van der Waals surface area contributed by atoms with Crippen LogP contribution in [-0.2, 0) is 11.2 Å². The normalized spacial score (nSPS) is 14.0. The zero-order valence-corrected chi connectivity index (χ0v) is 15.5. The molecule has 1 aliphatic heterocycles. The van der Waals surface area contributed by atoms with Crippen molar-refractivity contribution in [1.29, 1.82) is 0 Å². The number of nitrogens with zero attached hydrogens (tertiary/aromatic N) is 1. The van der Waals surface area contributed by atoms with Crippen molar-refractivity contribution in [3.05, 3.63) is 48.0 Å². The van der Waals surface area contributed by atoms with E-state index in [1.54, 1.807) is 14.2 Å². The molecule has 2 aromatic carbocycles. The van der Waals surface area contributed by atoms with E-state index in [0.29, 0.717) is 11.5 Å². The fourth-order valence-electron chi connectivity index (χ4n) is 3.31. The summed E-state index contributed by atoms with van der Waals surface area (Å²) < 4.78 is 10.6. The molecule has 1 N–H and O–H groups in total. The van der Waals surface area contributed by atoms with E-state index < -0.39 is 0 Å². The molecule has 138 valence electrons.